The van der Waals surface area contributed by atoms with Gasteiger partial charge in [-0.25, -0.2) is 4.98 Å². The summed E-state index contributed by atoms with van der Waals surface area (Å²) in [6.07, 6.45) is 4.74. The van der Waals surface area contributed by atoms with Crippen molar-refractivity contribution in [1.82, 2.24) is 14.9 Å². The Morgan fingerprint density at radius 1 is 1.38 bits per heavy atom. The predicted molar refractivity (Wildman–Crippen MR) is 93.1 cm³/mol. The Morgan fingerprint density at radius 3 is 3.12 bits per heavy atom. The number of oxazole rings is 1. The lowest BCUT2D eigenvalue weighted by Gasteiger charge is -2.15. The fourth-order valence-corrected chi connectivity index (χ4v) is 3.59. The molecule has 4 heterocycles. The second kappa shape index (κ2) is 6.75. The largest absolute Gasteiger partial charge is 0.487 e. The van der Waals surface area contributed by atoms with Gasteiger partial charge in [0.2, 0.25) is 5.89 Å². The van der Waals surface area contributed by atoms with E-state index in [2.05, 4.69) is 14.9 Å². The molecule has 1 fully saturated rings. The average Bonchev–Trinajstić information content (AvgIpc) is 3.31. The van der Waals surface area contributed by atoms with Crippen molar-refractivity contribution < 1.29 is 9.15 Å². The predicted octanol–water partition coefficient (Wildman–Crippen LogP) is 3.76. The van der Waals surface area contributed by atoms with E-state index in [0.29, 0.717) is 0 Å². The van der Waals surface area contributed by atoms with Crippen LogP contribution >= 0.6 is 11.3 Å². The first-order chi connectivity index (χ1) is 11.8. The van der Waals surface area contributed by atoms with Crippen LogP contribution in [0.25, 0.3) is 10.8 Å². The smallest absolute Gasteiger partial charge is 0.236 e. The average molecular weight is 341 g/mol. The first-order valence-electron chi connectivity index (χ1n) is 8.07. The van der Waals surface area contributed by atoms with Crippen LogP contribution in [0.2, 0.25) is 0 Å². The van der Waals surface area contributed by atoms with Crippen molar-refractivity contribution in [2.24, 2.45) is 0 Å². The SMILES string of the molecule is Cc1oc(-c2cccs2)nc1CN1CCC(Oc2cccnc2)C1. The molecular formula is C18H19N3O2S. The number of likely N-dealkylation sites (tertiary alicyclic amines) is 1. The van der Waals surface area contributed by atoms with Gasteiger partial charge < -0.3 is 9.15 Å². The number of ether oxygens (including phenoxy) is 1. The Balaban J connectivity index is 1.38. The van der Waals surface area contributed by atoms with E-state index in [-0.39, 0.29) is 6.10 Å². The lowest BCUT2D eigenvalue weighted by Crippen LogP contribution is -2.25. The topological polar surface area (TPSA) is 51.4 Å². The normalized spacial score (nSPS) is 18.1. The fraction of sp³-hybridized carbons (Fsp3) is 0.333. The number of rotatable bonds is 5. The minimum absolute atomic E-state index is 0.207. The third-order valence-electron chi connectivity index (χ3n) is 4.16. The number of hydrogen-bond donors (Lipinski definition) is 0. The summed E-state index contributed by atoms with van der Waals surface area (Å²) < 4.78 is 11.8. The van der Waals surface area contributed by atoms with Gasteiger partial charge in [0, 0.05) is 25.8 Å². The first kappa shape index (κ1) is 15.4. The van der Waals surface area contributed by atoms with Crippen molar-refractivity contribution in [2.75, 3.05) is 13.1 Å². The van der Waals surface area contributed by atoms with Crippen molar-refractivity contribution in [3.05, 3.63) is 53.5 Å². The molecule has 0 aliphatic carbocycles. The molecule has 124 valence electrons. The molecular weight excluding hydrogens is 322 g/mol. The maximum atomic E-state index is 5.99. The molecule has 3 aromatic heterocycles. The Hall–Kier alpha value is -2.18. The van der Waals surface area contributed by atoms with Crippen molar-refractivity contribution in [1.29, 1.82) is 0 Å². The van der Waals surface area contributed by atoms with Crippen molar-refractivity contribution in [2.45, 2.75) is 26.0 Å². The van der Waals surface area contributed by atoms with Crippen LogP contribution in [0.5, 0.6) is 5.75 Å². The lowest BCUT2D eigenvalue weighted by molar-refractivity contribution is 0.197. The van der Waals surface area contributed by atoms with E-state index < -0.39 is 0 Å². The van der Waals surface area contributed by atoms with Crippen molar-refractivity contribution in [3.8, 4) is 16.5 Å². The molecule has 6 heteroatoms. The van der Waals surface area contributed by atoms with Gasteiger partial charge >= 0.3 is 0 Å². The molecule has 0 bridgehead atoms. The molecule has 0 radical (unpaired) electrons. The molecule has 4 rings (SSSR count). The number of pyridine rings is 1. The molecule has 0 spiro atoms. The van der Waals surface area contributed by atoms with Crippen LogP contribution in [-0.4, -0.2) is 34.1 Å². The maximum absolute atomic E-state index is 5.99. The molecule has 0 saturated carbocycles. The van der Waals surface area contributed by atoms with Gasteiger partial charge in [-0.3, -0.25) is 9.88 Å². The monoisotopic (exact) mass is 341 g/mol. The molecule has 24 heavy (non-hydrogen) atoms. The molecule has 0 aromatic carbocycles. The highest BCUT2D eigenvalue weighted by Crippen LogP contribution is 2.27. The molecule has 3 aromatic rings. The summed E-state index contributed by atoms with van der Waals surface area (Å²) in [6.45, 7) is 4.69. The molecule has 5 nitrogen and oxygen atoms in total. The maximum Gasteiger partial charge on any atom is 0.236 e. The van der Waals surface area contributed by atoms with E-state index in [9.17, 15) is 0 Å². The summed E-state index contributed by atoms with van der Waals surface area (Å²) in [6, 6.07) is 7.89. The van der Waals surface area contributed by atoms with Crippen LogP contribution in [0.15, 0.2) is 46.5 Å². The zero-order valence-corrected chi connectivity index (χ0v) is 14.3. The van der Waals surface area contributed by atoms with Gasteiger partial charge in [-0.05, 0) is 36.9 Å². The van der Waals surface area contributed by atoms with E-state index in [1.54, 1.807) is 23.7 Å². The van der Waals surface area contributed by atoms with Crippen molar-refractivity contribution in [3.63, 3.8) is 0 Å². The number of thiophene rings is 1. The molecule has 0 N–H and O–H groups in total. The summed E-state index contributed by atoms with van der Waals surface area (Å²) in [5, 5.41) is 2.04. The number of nitrogens with zero attached hydrogens (tertiary/aromatic N) is 3. The first-order valence-corrected chi connectivity index (χ1v) is 8.95. The summed E-state index contributed by atoms with van der Waals surface area (Å²) in [5.74, 6) is 2.46. The molecule has 1 atom stereocenters. The Morgan fingerprint density at radius 2 is 2.33 bits per heavy atom. The van der Waals surface area contributed by atoms with Crippen molar-refractivity contribution >= 4 is 11.3 Å². The van der Waals surface area contributed by atoms with E-state index in [0.717, 1.165) is 54.0 Å². The third kappa shape index (κ3) is 3.34. The van der Waals surface area contributed by atoms with Crippen LogP contribution < -0.4 is 4.74 Å². The van der Waals surface area contributed by atoms with E-state index in [1.807, 2.05) is 36.6 Å². The van der Waals surface area contributed by atoms with Crippen LogP contribution in [0, 0.1) is 6.92 Å². The summed E-state index contributed by atoms with van der Waals surface area (Å²) in [7, 11) is 0. The second-order valence-corrected chi connectivity index (χ2v) is 6.90. The molecule has 1 saturated heterocycles. The van der Waals surface area contributed by atoms with Gasteiger partial charge in [0.1, 0.15) is 17.6 Å². The van der Waals surface area contributed by atoms with Crippen LogP contribution in [0.1, 0.15) is 17.9 Å². The van der Waals surface area contributed by atoms with E-state index in [1.165, 1.54) is 0 Å². The highest BCUT2D eigenvalue weighted by molar-refractivity contribution is 7.13. The van der Waals surface area contributed by atoms with E-state index >= 15 is 0 Å². The van der Waals surface area contributed by atoms with Gasteiger partial charge in [-0.1, -0.05) is 6.07 Å². The third-order valence-corrected chi connectivity index (χ3v) is 5.02. The molecule has 0 amide bonds. The zero-order valence-electron chi connectivity index (χ0n) is 13.5. The lowest BCUT2D eigenvalue weighted by atomic mass is 10.3. The Bertz CT molecular complexity index is 786. The zero-order chi connectivity index (χ0) is 16.4. The Kier molecular flexibility index (Phi) is 4.32. The van der Waals surface area contributed by atoms with Gasteiger partial charge in [0.05, 0.1) is 16.8 Å². The quantitative estimate of drug-likeness (QED) is 0.707. The number of hydrogen-bond acceptors (Lipinski definition) is 6. The summed E-state index contributed by atoms with van der Waals surface area (Å²) >= 11 is 1.65. The van der Waals surface area contributed by atoms with Crippen LogP contribution in [0.3, 0.4) is 0 Å². The minimum Gasteiger partial charge on any atom is -0.487 e. The summed E-state index contributed by atoms with van der Waals surface area (Å²) in [4.78, 5) is 12.2. The highest BCUT2D eigenvalue weighted by atomic mass is 32.1. The van der Waals surface area contributed by atoms with Gasteiger partial charge in [-0.2, -0.15) is 0 Å². The Labute approximate surface area is 144 Å². The second-order valence-electron chi connectivity index (χ2n) is 5.95. The minimum atomic E-state index is 0.207. The molecule has 1 aliphatic heterocycles. The standard InChI is InChI=1S/C18H19N3O2S/c1-13-16(20-18(22-13)17-5-3-9-24-17)12-21-8-6-15(11-21)23-14-4-2-7-19-10-14/h2-5,7,9-10,15H,6,8,11-12H2,1H3. The van der Waals surface area contributed by atoms with Gasteiger partial charge in [0.15, 0.2) is 0 Å². The van der Waals surface area contributed by atoms with Gasteiger partial charge in [0.25, 0.3) is 0 Å². The number of aromatic nitrogens is 2. The summed E-state index contributed by atoms with van der Waals surface area (Å²) in [5.41, 5.74) is 1.01. The number of aryl methyl sites for hydroxylation is 1. The molecule has 1 aliphatic rings. The van der Waals surface area contributed by atoms with Crippen LogP contribution in [-0.2, 0) is 6.54 Å². The van der Waals surface area contributed by atoms with E-state index in [4.69, 9.17) is 9.15 Å². The fourth-order valence-electron chi connectivity index (χ4n) is 2.94. The highest BCUT2D eigenvalue weighted by Gasteiger charge is 2.25. The van der Waals surface area contributed by atoms with Gasteiger partial charge in [-0.15, -0.1) is 11.3 Å². The van der Waals surface area contributed by atoms with Crippen LogP contribution in [0.4, 0.5) is 0 Å². The molecule has 1 unspecified atom stereocenters.